The van der Waals surface area contributed by atoms with Crippen molar-refractivity contribution in [2.45, 2.75) is 40.0 Å². The first-order chi connectivity index (χ1) is 15.2. The number of carboxylic acid groups (broad SMARTS) is 1. The van der Waals surface area contributed by atoms with E-state index in [0.29, 0.717) is 13.0 Å². The summed E-state index contributed by atoms with van der Waals surface area (Å²) in [7, 11) is 4.20. The van der Waals surface area contributed by atoms with E-state index in [1.165, 1.54) is 11.0 Å². The van der Waals surface area contributed by atoms with Gasteiger partial charge in [0.15, 0.2) is 0 Å². The highest BCUT2D eigenvalue weighted by Gasteiger charge is 2.18. The van der Waals surface area contributed by atoms with E-state index in [1.54, 1.807) is 6.92 Å². The number of ether oxygens (including phenoxy) is 1. The van der Waals surface area contributed by atoms with Crippen molar-refractivity contribution in [2.24, 2.45) is 11.3 Å². The molecule has 5 nitrogen and oxygen atoms in total. The van der Waals surface area contributed by atoms with E-state index in [4.69, 9.17) is 9.84 Å². The normalized spacial score (nSPS) is 13.5. The summed E-state index contributed by atoms with van der Waals surface area (Å²) in [6.45, 7) is 9.50. The number of unbranched alkanes of at least 4 members (excludes halogenated alkanes) is 1. The Morgan fingerprint density at radius 1 is 1.19 bits per heavy atom. The Morgan fingerprint density at radius 3 is 2.62 bits per heavy atom. The third-order valence-electron chi connectivity index (χ3n) is 5.56. The summed E-state index contributed by atoms with van der Waals surface area (Å²) < 4.78 is 6.23. The van der Waals surface area contributed by atoms with E-state index in [0.717, 1.165) is 43.6 Å². The molecular weight excluding hydrogens is 400 g/mol. The quantitative estimate of drug-likeness (QED) is 0.312. The second kappa shape index (κ2) is 12.6. The third kappa shape index (κ3) is 9.01. The number of benzene rings is 2. The maximum Gasteiger partial charge on any atom is 0.306 e. The van der Waals surface area contributed by atoms with Crippen LogP contribution in [0.2, 0.25) is 0 Å². The molecule has 2 N–H and O–H groups in total. The smallest absolute Gasteiger partial charge is 0.306 e. The lowest BCUT2D eigenvalue weighted by molar-refractivity contribution is -0.141. The van der Waals surface area contributed by atoms with E-state index in [1.807, 2.05) is 24.3 Å². The molecule has 0 aliphatic rings. The predicted molar refractivity (Wildman–Crippen MR) is 133 cm³/mol. The van der Waals surface area contributed by atoms with Crippen molar-refractivity contribution in [3.8, 4) is 5.75 Å². The van der Waals surface area contributed by atoms with Crippen molar-refractivity contribution < 1.29 is 14.6 Å². The summed E-state index contributed by atoms with van der Waals surface area (Å²) in [6.07, 6.45) is 4.62. The number of rotatable bonds is 14. The third-order valence-corrected chi connectivity index (χ3v) is 5.56. The summed E-state index contributed by atoms with van der Waals surface area (Å²) in [6, 6.07) is 14.4. The molecule has 0 heterocycles. The molecule has 2 aromatic rings. The van der Waals surface area contributed by atoms with Crippen LogP contribution < -0.4 is 10.1 Å². The fraction of sp³-hybridized carbons (Fsp3) is 0.519. The van der Waals surface area contributed by atoms with Crippen LogP contribution in [0, 0.1) is 11.3 Å². The summed E-state index contributed by atoms with van der Waals surface area (Å²) in [5.41, 5.74) is 1.36. The molecule has 1 unspecified atom stereocenters. The van der Waals surface area contributed by atoms with Crippen LogP contribution >= 0.6 is 0 Å². The van der Waals surface area contributed by atoms with Crippen molar-refractivity contribution >= 4 is 16.7 Å². The molecule has 0 aliphatic carbocycles. The van der Waals surface area contributed by atoms with Gasteiger partial charge in [-0.25, -0.2) is 0 Å². The van der Waals surface area contributed by atoms with Crippen molar-refractivity contribution in [2.75, 3.05) is 40.3 Å². The molecule has 1 atom stereocenters. The standard InChI is InChI=1S/C27H40N2O3/c1-21(26(30)31)11-6-7-12-22(17-28-19-27(2,3)20-29(4)5)18-32-25-16-10-14-23-13-8-9-15-24(23)25/h8-10,12-16,21,28H,6-7,11,17-20H2,1-5H3,(H,30,31). The van der Waals surface area contributed by atoms with Crippen molar-refractivity contribution in [3.05, 3.63) is 54.1 Å². The van der Waals surface area contributed by atoms with Gasteiger partial charge < -0.3 is 20.1 Å². The molecule has 5 heteroatoms. The zero-order valence-electron chi connectivity index (χ0n) is 20.4. The summed E-state index contributed by atoms with van der Waals surface area (Å²) in [5.74, 6) is -0.136. The number of aliphatic carboxylic acids is 1. The average Bonchev–Trinajstić information content (AvgIpc) is 2.73. The van der Waals surface area contributed by atoms with Gasteiger partial charge in [-0.15, -0.1) is 0 Å². The molecule has 0 bridgehead atoms. The second-order valence-electron chi connectivity index (χ2n) is 9.80. The molecule has 2 aromatic carbocycles. The van der Waals surface area contributed by atoms with Gasteiger partial charge in [-0.1, -0.05) is 63.2 Å². The maximum absolute atomic E-state index is 11.1. The first-order valence-corrected chi connectivity index (χ1v) is 11.5. The number of fused-ring (bicyclic) bond motifs is 1. The molecule has 0 aromatic heterocycles. The van der Waals surface area contributed by atoms with E-state index in [9.17, 15) is 4.79 Å². The molecule has 0 aliphatic heterocycles. The lowest BCUT2D eigenvalue weighted by atomic mass is 9.93. The van der Waals surface area contributed by atoms with Gasteiger partial charge in [0.1, 0.15) is 12.4 Å². The van der Waals surface area contributed by atoms with Crippen LogP contribution in [0.3, 0.4) is 0 Å². The largest absolute Gasteiger partial charge is 0.489 e. The van der Waals surface area contributed by atoms with E-state index in [-0.39, 0.29) is 11.3 Å². The van der Waals surface area contributed by atoms with Gasteiger partial charge in [0.05, 0.1) is 5.92 Å². The number of nitrogens with one attached hydrogen (secondary N) is 1. The minimum Gasteiger partial charge on any atom is -0.489 e. The molecular formula is C27H40N2O3. The highest BCUT2D eigenvalue weighted by molar-refractivity contribution is 5.88. The first kappa shape index (κ1) is 25.9. The van der Waals surface area contributed by atoms with E-state index >= 15 is 0 Å². The number of hydrogen-bond acceptors (Lipinski definition) is 4. The minimum atomic E-state index is -0.724. The summed E-state index contributed by atoms with van der Waals surface area (Å²) >= 11 is 0. The van der Waals surface area contributed by atoms with E-state index in [2.05, 4.69) is 62.4 Å². The zero-order chi connectivity index (χ0) is 23.6. The number of allylic oxidation sites excluding steroid dienone is 1. The minimum absolute atomic E-state index is 0.169. The van der Waals surface area contributed by atoms with Gasteiger partial charge in [0.2, 0.25) is 0 Å². The Labute approximate surface area is 193 Å². The van der Waals surface area contributed by atoms with Gasteiger partial charge in [-0.2, -0.15) is 0 Å². The van der Waals surface area contributed by atoms with Gasteiger partial charge in [-0.05, 0) is 55.8 Å². The Bertz CT molecular complexity index is 884. The lowest BCUT2D eigenvalue weighted by Gasteiger charge is -2.28. The average molecular weight is 441 g/mol. The first-order valence-electron chi connectivity index (χ1n) is 11.5. The van der Waals surface area contributed by atoms with Crippen LogP contribution in [-0.2, 0) is 4.79 Å². The highest BCUT2D eigenvalue weighted by Crippen LogP contribution is 2.25. The molecule has 0 saturated heterocycles. The molecule has 0 saturated carbocycles. The van der Waals surface area contributed by atoms with Gasteiger partial charge in [0, 0.05) is 25.0 Å². The van der Waals surface area contributed by atoms with Crippen molar-refractivity contribution in [3.63, 3.8) is 0 Å². The summed E-state index contributed by atoms with van der Waals surface area (Å²) in [5, 5.41) is 15.0. The van der Waals surface area contributed by atoms with Gasteiger partial charge in [-0.3, -0.25) is 4.79 Å². The lowest BCUT2D eigenvalue weighted by Crippen LogP contribution is -2.38. The molecule has 32 heavy (non-hydrogen) atoms. The Kier molecular flexibility index (Phi) is 10.2. The zero-order valence-corrected chi connectivity index (χ0v) is 20.4. The van der Waals surface area contributed by atoms with Crippen LogP contribution in [0.5, 0.6) is 5.75 Å². The van der Waals surface area contributed by atoms with Gasteiger partial charge >= 0.3 is 5.97 Å². The monoisotopic (exact) mass is 440 g/mol. The Morgan fingerprint density at radius 2 is 1.91 bits per heavy atom. The van der Waals surface area contributed by atoms with E-state index < -0.39 is 5.97 Å². The maximum atomic E-state index is 11.1. The Balaban J connectivity index is 2.00. The number of nitrogens with zero attached hydrogens (tertiary/aromatic N) is 1. The number of hydrogen-bond donors (Lipinski definition) is 2. The molecule has 0 fully saturated rings. The van der Waals surface area contributed by atoms with Crippen LogP contribution in [0.1, 0.15) is 40.0 Å². The van der Waals surface area contributed by atoms with Crippen LogP contribution in [0.15, 0.2) is 54.1 Å². The van der Waals surface area contributed by atoms with Crippen LogP contribution in [0.25, 0.3) is 10.8 Å². The Hall–Kier alpha value is -2.37. The SMILES string of the molecule is CC(CCCC=C(CNCC(C)(C)CN(C)C)COc1cccc2ccccc12)C(=O)O. The second-order valence-corrected chi connectivity index (χ2v) is 9.80. The number of carboxylic acids is 1. The molecule has 0 spiro atoms. The highest BCUT2D eigenvalue weighted by atomic mass is 16.5. The van der Waals surface area contributed by atoms with Crippen molar-refractivity contribution in [1.82, 2.24) is 10.2 Å². The van der Waals surface area contributed by atoms with Gasteiger partial charge in [0.25, 0.3) is 0 Å². The molecule has 0 amide bonds. The van der Waals surface area contributed by atoms with Crippen LogP contribution in [-0.4, -0.2) is 56.3 Å². The molecule has 2 rings (SSSR count). The molecule has 176 valence electrons. The fourth-order valence-electron chi connectivity index (χ4n) is 4.00. The fourth-order valence-corrected chi connectivity index (χ4v) is 4.00. The topological polar surface area (TPSA) is 61.8 Å². The summed E-state index contributed by atoms with van der Waals surface area (Å²) in [4.78, 5) is 13.3. The van der Waals surface area contributed by atoms with Crippen LogP contribution in [0.4, 0.5) is 0 Å². The predicted octanol–water partition coefficient (Wildman–Crippen LogP) is 5.21. The molecule has 0 radical (unpaired) electrons. The number of carbonyl (C=O) groups is 1. The van der Waals surface area contributed by atoms with Crippen molar-refractivity contribution in [1.29, 1.82) is 0 Å².